The zero-order chi connectivity index (χ0) is 14.1. The topological polar surface area (TPSA) is 74.6 Å². The molecule has 0 spiro atoms. The maximum atomic E-state index is 11.7. The van der Waals surface area contributed by atoms with Crippen molar-refractivity contribution in [2.75, 3.05) is 0 Å². The van der Waals surface area contributed by atoms with Crippen molar-refractivity contribution in [3.63, 3.8) is 0 Å². The number of carbonyl (C=O) groups is 2. The molecule has 1 unspecified atom stereocenters. The lowest BCUT2D eigenvalue weighted by molar-refractivity contribution is -0.147. The molecule has 0 aromatic heterocycles. The van der Waals surface area contributed by atoms with E-state index in [1.807, 2.05) is 13.8 Å². The Bertz CT molecular complexity index is 448. The van der Waals surface area contributed by atoms with Crippen LogP contribution in [-0.4, -0.2) is 22.2 Å². The van der Waals surface area contributed by atoms with E-state index in [9.17, 15) is 14.7 Å². The maximum absolute atomic E-state index is 11.7. The van der Waals surface area contributed by atoms with Crippen LogP contribution in [0.1, 0.15) is 33.6 Å². The second kappa shape index (κ2) is 5.26. The van der Waals surface area contributed by atoms with Crippen LogP contribution in [0.15, 0.2) is 21.7 Å². The Labute approximate surface area is 115 Å². The molecule has 0 radical (unpaired) electrons. The van der Waals surface area contributed by atoms with Gasteiger partial charge in [-0.05, 0) is 37.3 Å². The minimum atomic E-state index is -1.12. The van der Waals surface area contributed by atoms with Gasteiger partial charge in [-0.1, -0.05) is 29.8 Å². The van der Waals surface area contributed by atoms with Gasteiger partial charge in [0.25, 0.3) is 0 Å². The van der Waals surface area contributed by atoms with Crippen LogP contribution in [0.25, 0.3) is 0 Å². The third-order valence-corrected chi connectivity index (χ3v) is 4.13. The Morgan fingerprint density at radius 3 is 2.39 bits per heavy atom. The second-order valence-electron chi connectivity index (χ2n) is 5.11. The summed E-state index contributed by atoms with van der Waals surface area (Å²) in [5.74, 6) is -1.85. The number of carboxylic acids is 2. The fraction of sp³-hybridized carbons (Fsp3) is 0.538. The van der Waals surface area contributed by atoms with Gasteiger partial charge in [0, 0.05) is 10.1 Å². The molecule has 18 heavy (non-hydrogen) atoms. The van der Waals surface area contributed by atoms with E-state index >= 15 is 0 Å². The van der Waals surface area contributed by atoms with Gasteiger partial charge in [0.05, 0.1) is 5.41 Å². The van der Waals surface area contributed by atoms with Crippen LogP contribution in [-0.2, 0) is 9.59 Å². The maximum Gasteiger partial charge on any atom is 0.331 e. The van der Waals surface area contributed by atoms with Gasteiger partial charge in [-0.25, -0.2) is 4.79 Å². The number of carboxylic acid groups (broad SMARTS) is 2. The summed E-state index contributed by atoms with van der Waals surface area (Å²) in [5.41, 5.74) is -0.292. The summed E-state index contributed by atoms with van der Waals surface area (Å²) in [7, 11) is 0. The summed E-state index contributed by atoms with van der Waals surface area (Å²) in [6, 6.07) is 0. The highest BCUT2D eigenvalue weighted by molar-refractivity contribution is 9.11. The van der Waals surface area contributed by atoms with Crippen molar-refractivity contribution in [2.24, 2.45) is 11.3 Å². The molecule has 0 amide bonds. The Kier molecular flexibility index (Phi) is 4.37. The van der Waals surface area contributed by atoms with Gasteiger partial charge in [0.1, 0.15) is 0 Å². The highest BCUT2D eigenvalue weighted by Gasteiger charge is 2.45. The van der Waals surface area contributed by atoms with Crippen LogP contribution < -0.4 is 0 Å². The van der Waals surface area contributed by atoms with E-state index in [4.69, 9.17) is 5.11 Å². The molecule has 5 heteroatoms. The van der Waals surface area contributed by atoms with Gasteiger partial charge >= 0.3 is 11.9 Å². The predicted molar refractivity (Wildman–Crippen MR) is 71.5 cm³/mol. The largest absolute Gasteiger partial charge is 0.481 e. The van der Waals surface area contributed by atoms with Gasteiger partial charge in [-0.2, -0.15) is 0 Å². The molecule has 1 aliphatic carbocycles. The lowest BCUT2D eigenvalue weighted by atomic mass is 9.68. The summed E-state index contributed by atoms with van der Waals surface area (Å²) in [4.78, 5) is 22.8. The third kappa shape index (κ3) is 2.66. The second-order valence-corrected chi connectivity index (χ2v) is 5.96. The first kappa shape index (κ1) is 15.0. The SMILES string of the molecule is CC1=C(Br)C=C(C(=O)O)CC1(CC(C)C)C(=O)O. The molecule has 1 aliphatic rings. The van der Waals surface area contributed by atoms with Gasteiger partial charge < -0.3 is 10.2 Å². The van der Waals surface area contributed by atoms with E-state index in [0.717, 1.165) is 0 Å². The fourth-order valence-corrected chi connectivity index (χ4v) is 3.04. The van der Waals surface area contributed by atoms with Crippen molar-refractivity contribution >= 4 is 27.9 Å². The van der Waals surface area contributed by atoms with E-state index in [1.165, 1.54) is 6.08 Å². The molecule has 1 atom stereocenters. The van der Waals surface area contributed by atoms with Crippen molar-refractivity contribution < 1.29 is 19.8 Å². The Balaban J connectivity index is 3.33. The summed E-state index contributed by atoms with van der Waals surface area (Å²) in [6.45, 7) is 5.62. The monoisotopic (exact) mass is 316 g/mol. The van der Waals surface area contributed by atoms with Gasteiger partial charge in [-0.15, -0.1) is 0 Å². The van der Waals surface area contributed by atoms with Crippen molar-refractivity contribution in [3.8, 4) is 0 Å². The average Bonchev–Trinajstić information content (AvgIpc) is 2.23. The van der Waals surface area contributed by atoms with Crippen LogP contribution in [0.3, 0.4) is 0 Å². The Morgan fingerprint density at radius 1 is 1.44 bits per heavy atom. The van der Waals surface area contributed by atoms with Crippen molar-refractivity contribution in [1.29, 1.82) is 0 Å². The van der Waals surface area contributed by atoms with E-state index in [-0.39, 0.29) is 17.9 Å². The number of hydrogen-bond acceptors (Lipinski definition) is 2. The van der Waals surface area contributed by atoms with Crippen LogP contribution in [0.2, 0.25) is 0 Å². The number of hydrogen-bond donors (Lipinski definition) is 2. The van der Waals surface area contributed by atoms with E-state index < -0.39 is 17.4 Å². The minimum Gasteiger partial charge on any atom is -0.481 e. The minimum absolute atomic E-state index is 0.0385. The van der Waals surface area contributed by atoms with E-state index in [0.29, 0.717) is 16.5 Å². The molecule has 0 aromatic rings. The summed E-state index contributed by atoms with van der Waals surface area (Å²) < 4.78 is 0.564. The van der Waals surface area contributed by atoms with Crippen LogP contribution in [0.4, 0.5) is 0 Å². The molecule has 0 heterocycles. The molecule has 0 saturated heterocycles. The zero-order valence-corrected chi connectivity index (χ0v) is 12.2. The average molecular weight is 317 g/mol. The summed E-state index contributed by atoms with van der Waals surface area (Å²) >= 11 is 3.27. The lowest BCUT2D eigenvalue weighted by Gasteiger charge is -2.35. The van der Waals surface area contributed by atoms with Gasteiger partial charge in [-0.3, -0.25) is 4.79 Å². The highest BCUT2D eigenvalue weighted by Crippen LogP contribution is 2.46. The quantitative estimate of drug-likeness (QED) is 0.835. The molecule has 0 saturated carbocycles. The first-order valence-electron chi connectivity index (χ1n) is 5.75. The first-order chi connectivity index (χ1) is 8.20. The summed E-state index contributed by atoms with van der Waals surface area (Å²) in [5, 5.41) is 18.6. The molecule has 100 valence electrons. The number of allylic oxidation sites excluding steroid dienone is 2. The fourth-order valence-electron chi connectivity index (χ4n) is 2.38. The molecule has 2 N–H and O–H groups in total. The smallest absolute Gasteiger partial charge is 0.331 e. The molecule has 0 aliphatic heterocycles. The van der Waals surface area contributed by atoms with Crippen molar-refractivity contribution in [2.45, 2.75) is 33.6 Å². The van der Waals surface area contributed by atoms with Crippen molar-refractivity contribution in [3.05, 3.63) is 21.7 Å². The van der Waals surface area contributed by atoms with Crippen LogP contribution in [0, 0.1) is 11.3 Å². The third-order valence-electron chi connectivity index (χ3n) is 3.31. The number of rotatable bonds is 4. The Hall–Kier alpha value is -1.10. The highest BCUT2D eigenvalue weighted by atomic mass is 79.9. The van der Waals surface area contributed by atoms with Gasteiger partial charge in [0.2, 0.25) is 0 Å². The molecule has 0 aromatic carbocycles. The Morgan fingerprint density at radius 2 is 2.00 bits per heavy atom. The molecule has 4 nitrogen and oxygen atoms in total. The zero-order valence-electron chi connectivity index (χ0n) is 10.7. The van der Waals surface area contributed by atoms with Crippen LogP contribution >= 0.6 is 15.9 Å². The van der Waals surface area contributed by atoms with E-state index in [2.05, 4.69) is 15.9 Å². The standard InChI is InChI=1S/C13H17BrO4/c1-7(2)5-13(12(17)18)6-9(11(15)16)4-10(14)8(13)3/h4,7H,5-6H2,1-3H3,(H,15,16)(H,17,18). The molecular formula is C13H17BrO4. The lowest BCUT2D eigenvalue weighted by Crippen LogP contribution is -2.37. The number of halogens is 1. The molecule has 0 fully saturated rings. The molecular weight excluding hydrogens is 300 g/mol. The molecule has 0 bridgehead atoms. The molecule has 1 rings (SSSR count). The van der Waals surface area contributed by atoms with Gasteiger partial charge in [0.15, 0.2) is 0 Å². The summed E-state index contributed by atoms with van der Waals surface area (Å²) in [6.07, 6.45) is 1.96. The predicted octanol–water partition coefficient (Wildman–Crippen LogP) is 3.19. The number of aliphatic carboxylic acids is 2. The van der Waals surface area contributed by atoms with E-state index in [1.54, 1.807) is 6.92 Å². The van der Waals surface area contributed by atoms with Crippen LogP contribution in [0.5, 0.6) is 0 Å². The first-order valence-corrected chi connectivity index (χ1v) is 6.54. The van der Waals surface area contributed by atoms with Crippen molar-refractivity contribution in [1.82, 2.24) is 0 Å². The normalized spacial score (nSPS) is 24.2.